The molecule has 1 aromatic heterocycles. The first-order chi connectivity index (χ1) is 8.66. The Bertz CT molecular complexity index is 415. The summed E-state index contributed by atoms with van der Waals surface area (Å²) >= 11 is 1.59. The molecule has 0 radical (unpaired) electrons. The number of carboxylic acids is 1. The molecule has 0 aliphatic heterocycles. The fourth-order valence-electron chi connectivity index (χ4n) is 1.73. The standard InChI is InChI=1S/C12H16N2O3S/c15-11(16)5-6-14(9-3-4-9)12(17)13-8-10-2-1-7-18-10/h1-2,7,9H,3-6,8H2,(H,13,17)(H,15,16). The van der Waals surface area contributed by atoms with Gasteiger partial charge in [0.05, 0.1) is 13.0 Å². The van der Waals surface area contributed by atoms with Gasteiger partial charge < -0.3 is 15.3 Å². The zero-order chi connectivity index (χ0) is 13.0. The number of nitrogens with one attached hydrogen (secondary N) is 1. The lowest BCUT2D eigenvalue weighted by atomic mass is 10.4. The van der Waals surface area contributed by atoms with Crippen LogP contribution in [0.15, 0.2) is 17.5 Å². The normalized spacial score (nSPS) is 14.2. The molecule has 6 heteroatoms. The molecule has 0 saturated heterocycles. The van der Waals surface area contributed by atoms with Crippen LogP contribution in [0.4, 0.5) is 4.79 Å². The van der Waals surface area contributed by atoms with Crippen LogP contribution in [0.5, 0.6) is 0 Å². The SMILES string of the molecule is O=C(O)CCN(C(=O)NCc1cccs1)C1CC1. The molecule has 1 fully saturated rings. The van der Waals surface area contributed by atoms with Crippen molar-refractivity contribution in [2.45, 2.75) is 31.8 Å². The Labute approximate surface area is 109 Å². The van der Waals surface area contributed by atoms with Crippen molar-refractivity contribution in [3.05, 3.63) is 22.4 Å². The minimum absolute atomic E-state index is 0.00290. The molecule has 0 spiro atoms. The van der Waals surface area contributed by atoms with Crippen molar-refractivity contribution in [2.75, 3.05) is 6.54 Å². The molecule has 0 unspecified atom stereocenters. The van der Waals surface area contributed by atoms with Gasteiger partial charge in [-0.15, -0.1) is 11.3 Å². The molecule has 2 N–H and O–H groups in total. The van der Waals surface area contributed by atoms with Gasteiger partial charge in [0, 0.05) is 17.5 Å². The number of hydrogen-bond donors (Lipinski definition) is 2. The summed E-state index contributed by atoms with van der Waals surface area (Å²) in [4.78, 5) is 25.3. The van der Waals surface area contributed by atoms with E-state index < -0.39 is 5.97 Å². The minimum Gasteiger partial charge on any atom is -0.481 e. The lowest BCUT2D eigenvalue weighted by molar-refractivity contribution is -0.137. The Hall–Kier alpha value is -1.56. The summed E-state index contributed by atoms with van der Waals surface area (Å²) in [7, 11) is 0. The molecule has 1 aliphatic carbocycles. The molecule has 0 bridgehead atoms. The molecule has 0 atom stereocenters. The molecule has 1 aliphatic rings. The third-order valence-corrected chi connectivity index (χ3v) is 3.69. The molecule has 1 saturated carbocycles. The highest BCUT2D eigenvalue weighted by molar-refractivity contribution is 7.09. The maximum atomic E-state index is 12.0. The minimum atomic E-state index is -0.869. The second-order valence-corrected chi connectivity index (χ2v) is 5.34. The van der Waals surface area contributed by atoms with E-state index in [1.807, 2.05) is 17.5 Å². The molecular weight excluding hydrogens is 252 g/mol. The Kier molecular flexibility index (Phi) is 4.19. The summed E-state index contributed by atoms with van der Waals surface area (Å²) in [5.74, 6) is -0.869. The van der Waals surface area contributed by atoms with Gasteiger partial charge in [-0.05, 0) is 24.3 Å². The molecule has 98 valence electrons. The zero-order valence-corrected chi connectivity index (χ0v) is 10.8. The summed E-state index contributed by atoms with van der Waals surface area (Å²) in [5, 5.41) is 13.5. The lowest BCUT2D eigenvalue weighted by Gasteiger charge is -2.21. The highest BCUT2D eigenvalue weighted by atomic mass is 32.1. The summed E-state index contributed by atoms with van der Waals surface area (Å²) in [6.45, 7) is 0.795. The van der Waals surface area contributed by atoms with Crippen molar-refractivity contribution in [1.29, 1.82) is 0 Å². The number of amides is 2. The van der Waals surface area contributed by atoms with Gasteiger partial charge in [-0.25, -0.2) is 4.79 Å². The molecule has 1 aromatic rings. The van der Waals surface area contributed by atoms with Crippen LogP contribution in [0.3, 0.4) is 0 Å². The van der Waals surface area contributed by atoms with Gasteiger partial charge in [0.1, 0.15) is 0 Å². The van der Waals surface area contributed by atoms with Gasteiger partial charge >= 0.3 is 12.0 Å². The van der Waals surface area contributed by atoms with Crippen LogP contribution in [0, 0.1) is 0 Å². The second kappa shape index (κ2) is 5.86. The van der Waals surface area contributed by atoms with Gasteiger partial charge in [-0.2, -0.15) is 0 Å². The van der Waals surface area contributed by atoms with Gasteiger partial charge in [0.25, 0.3) is 0 Å². The molecule has 1 heterocycles. The van der Waals surface area contributed by atoms with Crippen molar-refractivity contribution < 1.29 is 14.7 Å². The van der Waals surface area contributed by atoms with Crippen molar-refractivity contribution in [2.24, 2.45) is 0 Å². The van der Waals surface area contributed by atoms with E-state index in [0.29, 0.717) is 6.54 Å². The van der Waals surface area contributed by atoms with Crippen molar-refractivity contribution in [1.82, 2.24) is 10.2 Å². The number of thiophene rings is 1. The summed E-state index contributed by atoms with van der Waals surface area (Å²) in [6, 6.07) is 3.97. The van der Waals surface area contributed by atoms with E-state index in [4.69, 9.17) is 5.11 Å². The molecule has 0 aromatic carbocycles. The summed E-state index contributed by atoms with van der Waals surface area (Å²) < 4.78 is 0. The fourth-order valence-corrected chi connectivity index (χ4v) is 2.37. The number of rotatable bonds is 6. The third-order valence-electron chi connectivity index (χ3n) is 2.81. The van der Waals surface area contributed by atoms with E-state index in [1.54, 1.807) is 16.2 Å². The summed E-state index contributed by atoms with van der Waals surface area (Å²) in [6.07, 6.45) is 1.96. The average molecular weight is 268 g/mol. The first kappa shape index (κ1) is 12.9. The highest BCUT2D eigenvalue weighted by Crippen LogP contribution is 2.27. The van der Waals surface area contributed by atoms with Gasteiger partial charge in [-0.1, -0.05) is 6.07 Å². The molecular formula is C12H16N2O3S. The Balaban J connectivity index is 1.81. The highest BCUT2D eigenvalue weighted by Gasteiger charge is 2.32. The molecule has 2 amide bonds. The van der Waals surface area contributed by atoms with E-state index in [9.17, 15) is 9.59 Å². The second-order valence-electron chi connectivity index (χ2n) is 4.31. The van der Waals surface area contributed by atoms with Gasteiger partial charge in [0.2, 0.25) is 0 Å². The van der Waals surface area contributed by atoms with Crippen molar-refractivity contribution in [3.63, 3.8) is 0 Å². The number of carbonyl (C=O) groups is 2. The number of hydrogen-bond acceptors (Lipinski definition) is 3. The number of urea groups is 1. The average Bonchev–Trinajstić information content (AvgIpc) is 3.03. The topological polar surface area (TPSA) is 69.6 Å². The first-order valence-electron chi connectivity index (χ1n) is 5.95. The third kappa shape index (κ3) is 3.73. The molecule has 2 rings (SSSR count). The van der Waals surface area contributed by atoms with E-state index >= 15 is 0 Å². The Morgan fingerprint density at radius 3 is 2.83 bits per heavy atom. The number of aliphatic carboxylic acids is 1. The van der Waals surface area contributed by atoms with Crippen molar-refractivity contribution in [3.8, 4) is 0 Å². The largest absolute Gasteiger partial charge is 0.481 e. The Morgan fingerprint density at radius 1 is 1.50 bits per heavy atom. The van der Waals surface area contributed by atoms with Crippen molar-refractivity contribution >= 4 is 23.3 Å². The number of carbonyl (C=O) groups excluding carboxylic acids is 1. The van der Waals surface area contributed by atoms with E-state index in [1.165, 1.54) is 0 Å². The van der Waals surface area contributed by atoms with E-state index in [2.05, 4.69) is 5.32 Å². The van der Waals surface area contributed by atoms with Crippen LogP contribution in [0.1, 0.15) is 24.1 Å². The van der Waals surface area contributed by atoms with Crippen LogP contribution < -0.4 is 5.32 Å². The number of carboxylic acid groups (broad SMARTS) is 1. The van der Waals surface area contributed by atoms with Crippen LogP contribution in [-0.2, 0) is 11.3 Å². The molecule has 18 heavy (non-hydrogen) atoms. The summed E-state index contributed by atoms with van der Waals surface area (Å²) in [5.41, 5.74) is 0. The predicted octanol–water partition coefficient (Wildman–Crippen LogP) is 1.90. The molecule has 5 nitrogen and oxygen atoms in total. The smallest absolute Gasteiger partial charge is 0.317 e. The predicted molar refractivity (Wildman–Crippen MR) is 68.5 cm³/mol. The Morgan fingerprint density at radius 2 is 2.28 bits per heavy atom. The fraction of sp³-hybridized carbons (Fsp3) is 0.500. The first-order valence-corrected chi connectivity index (χ1v) is 6.83. The van der Waals surface area contributed by atoms with E-state index in [0.717, 1.165) is 17.7 Å². The van der Waals surface area contributed by atoms with E-state index in [-0.39, 0.29) is 25.0 Å². The van der Waals surface area contributed by atoms with Gasteiger partial charge in [-0.3, -0.25) is 4.79 Å². The number of nitrogens with zero attached hydrogens (tertiary/aromatic N) is 1. The maximum Gasteiger partial charge on any atom is 0.317 e. The monoisotopic (exact) mass is 268 g/mol. The van der Waals surface area contributed by atoms with Crippen LogP contribution >= 0.6 is 11.3 Å². The lowest BCUT2D eigenvalue weighted by Crippen LogP contribution is -2.42. The quantitative estimate of drug-likeness (QED) is 0.828. The zero-order valence-electron chi connectivity index (χ0n) is 9.96. The van der Waals surface area contributed by atoms with Crippen LogP contribution in [0.2, 0.25) is 0 Å². The van der Waals surface area contributed by atoms with Crippen LogP contribution in [-0.4, -0.2) is 34.6 Å². The van der Waals surface area contributed by atoms with Gasteiger partial charge in [0.15, 0.2) is 0 Å². The maximum absolute atomic E-state index is 12.0. The van der Waals surface area contributed by atoms with Crippen LogP contribution in [0.25, 0.3) is 0 Å².